The number of rotatable bonds is 5. The van der Waals surface area contributed by atoms with Crippen LogP contribution < -0.4 is 5.32 Å². The van der Waals surface area contributed by atoms with Crippen LogP contribution in [0.4, 0.5) is 5.82 Å². The Kier molecular flexibility index (Phi) is 4.71. The maximum Gasteiger partial charge on any atom is 0.341 e. The topological polar surface area (TPSA) is 51.2 Å². The molecule has 2 aromatic rings. The summed E-state index contributed by atoms with van der Waals surface area (Å²) in [5.41, 5.74) is 2.84. The first-order valence-corrected chi connectivity index (χ1v) is 6.63. The van der Waals surface area contributed by atoms with Crippen LogP contribution in [0.25, 0.3) is 0 Å². The Hall–Kier alpha value is -2.36. The maximum atomic E-state index is 11.8. The van der Waals surface area contributed by atoms with Crippen molar-refractivity contribution in [2.24, 2.45) is 0 Å². The molecule has 1 N–H and O–H groups in total. The fourth-order valence-corrected chi connectivity index (χ4v) is 1.91. The van der Waals surface area contributed by atoms with Crippen LogP contribution in [0.2, 0.25) is 0 Å². The van der Waals surface area contributed by atoms with Gasteiger partial charge in [-0.05, 0) is 37.1 Å². The van der Waals surface area contributed by atoms with Gasteiger partial charge in [0.1, 0.15) is 11.4 Å². The highest BCUT2D eigenvalue weighted by Gasteiger charge is 2.12. The van der Waals surface area contributed by atoms with Crippen molar-refractivity contribution in [1.82, 2.24) is 4.98 Å². The smallest absolute Gasteiger partial charge is 0.341 e. The number of anilines is 1. The Balaban J connectivity index is 2.14. The lowest BCUT2D eigenvalue weighted by atomic mass is 10.1. The van der Waals surface area contributed by atoms with Crippen molar-refractivity contribution in [3.05, 3.63) is 59.3 Å². The molecule has 1 aromatic heterocycles. The summed E-state index contributed by atoms with van der Waals surface area (Å²) in [4.78, 5) is 16.1. The van der Waals surface area contributed by atoms with Gasteiger partial charge in [-0.1, -0.05) is 24.3 Å². The molecule has 4 nitrogen and oxygen atoms in total. The van der Waals surface area contributed by atoms with Gasteiger partial charge in [-0.15, -0.1) is 0 Å². The van der Waals surface area contributed by atoms with E-state index < -0.39 is 0 Å². The number of aryl methyl sites for hydroxylation is 1. The Labute approximate surface area is 118 Å². The molecule has 2 rings (SSSR count). The third kappa shape index (κ3) is 3.35. The minimum atomic E-state index is -0.354. The molecular formula is C16H18N2O2. The zero-order valence-corrected chi connectivity index (χ0v) is 11.7. The molecule has 104 valence electrons. The molecule has 0 aliphatic carbocycles. The molecule has 0 bridgehead atoms. The molecule has 1 heterocycles. The molecule has 0 saturated carbocycles. The molecule has 0 radical (unpaired) electrons. The Bertz CT molecular complexity index is 597. The summed E-state index contributed by atoms with van der Waals surface area (Å²) in [5, 5.41) is 3.20. The zero-order valence-electron chi connectivity index (χ0n) is 11.7. The van der Waals surface area contributed by atoms with Gasteiger partial charge in [-0.3, -0.25) is 0 Å². The van der Waals surface area contributed by atoms with Crippen LogP contribution in [0, 0.1) is 6.92 Å². The molecule has 20 heavy (non-hydrogen) atoms. The number of ether oxygens (including phenoxy) is 1. The molecule has 0 amide bonds. The second-order valence-corrected chi connectivity index (χ2v) is 4.40. The van der Waals surface area contributed by atoms with E-state index >= 15 is 0 Å². The van der Waals surface area contributed by atoms with E-state index in [1.54, 1.807) is 25.3 Å². The van der Waals surface area contributed by atoms with Crippen molar-refractivity contribution in [3.63, 3.8) is 0 Å². The van der Waals surface area contributed by atoms with Crippen molar-refractivity contribution in [3.8, 4) is 0 Å². The van der Waals surface area contributed by atoms with Crippen LogP contribution in [-0.4, -0.2) is 17.6 Å². The molecule has 0 saturated heterocycles. The first-order chi connectivity index (χ1) is 9.72. The van der Waals surface area contributed by atoms with Gasteiger partial charge in [0.2, 0.25) is 0 Å². The summed E-state index contributed by atoms with van der Waals surface area (Å²) in [6.45, 7) is 4.82. The average molecular weight is 270 g/mol. The number of nitrogens with zero attached hydrogens (tertiary/aromatic N) is 1. The predicted octanol–water partition coefficient (Wildman–Crippen LogP) is 3.18. The van der Waals surface area contributed by atoms with Gasteiger partial charge in [-0.25, -0.2) is 9.78 Å². The van der Waals surface area contributed by atoms with E-state index in [0.717, 1.165) is 0 Å². The zero-order chi connectivity index (χ0) is 14.4. The summed E-state index contributed by atoms with van der Waals surface area (Å²) >= 11 is 0. The lowest BCUT2D eigenvalue weighted by molar-refractivity contribution is 0.0527. The third-order valence-electron chi connectivity index (χ3n) is 3.01. The van der Waals surface area contributed by atoms with Crippen LogP contribution in [0.5, 0.6) is 0 Å². The van der Waals surface area contributed by atoms with E-state index in [1.165, 1.54) is 11.1 Å². The lowest BCUT2D eigenvalue weighted by Gasteiger charge is -2.11. The van der Waals surface area contributed by atoms with Crippen molar-refractivity contribution >= 4 is 11.8 Å². The second kappa shape index (κ2) is 6.70. The van der Waals surface area contributed by atoms with E-state index in [0.29, 0.717) is 24.5 Å². The number of hydrogen-bond donors (Lipinski definition) is 1. The summed E-state index contributed by atoms with van der Waals surface area (Å²) < 4.78 is 5.03. The maximum absolute atomic E-state index is 11.8. The van der Waals surface area contributed by atoms with Crippen molar-refractivity contribution < 1.29 is 9.53 Å². The largest absolute Gasteiger partial charge is 0.462 e. The van der Waals surface area contributed by atoms with E-state index in [1.807, 2.05) is 12.1 Å². The Morgan fingerprint density at radius 3 is 2.80 bits per heavy atom. The van der Waals surface area contributed by atoms with E-state index in [4.69, 9.17) is 4.74 Å². The third-order valence-corrected chi connectivity index (χ3v) is 3.01. The number of aromatic nitrogens is 1. The predicted molar refractivity (Wildman–Crippen MR) is 78.7 cm³/mol. The SMILES string of the molecule is CCOC(=O)c1cccnc1NCc1ccccc1C. The molecule has 4 heteroatoms. The van der Waals surface area contributed by atoms with Gasteiger partial charge in [0.25, 0.3) is 0 Å². The number of hydrogen-bond acceptors (Lipinski definition) is 4. The molecule has 0 fully saturated rings. The Morgan fingerprint density at radius 2 is 2.05 bits per heavy atom. The monoisotopic (exact) mass is 270 g/mol. The summed E-state index contributed by atoms with van der Waals surface area (Å²) in [5.74, 6) is 0.196. The van der Waals surface area contributed by atoms with Gasteiger partial charge < -0.3 is 10.1 Å². The standard InChI is InChI=1S/C16H18N2O2/c1-3-20-16(19)14-9-6-10-17-15(14)18-11-13-8-5-4-7-12(13)2/h4-10H,3,11H2,1-2H3,(H,17,18). The highest BCUT2D eigenvalue weighted by Crippen LogP contribution is 2.15. The van der Waals surface area contributed by atoms with Crippen LogP contribution in [0.15, 0.2) is 42.6 Å². The van der Waals surface area contributed by atoms with Crippen molar-refractivity contribution in [1.29, 1.82) is 0 Å². The first-order valence-electron chi connectivity index (χ1n) is 6.63. The van der Waals surface area contributed by atoms with Crippen LogP contribution in [0.3, 0.4) is 0 Å². The van der Waals surface area contributed by atoms with E-state index in [-0.39, 0.29) is 5.97 Å². The Morgan fingerprint density at radius 1 is 1.25 bits per heavy atom. The number of carbonyl (C=O) groups excluding carboxylic acids is 1. The first kappa shape index (κ1) is 14.1. The molecule has 1 aromatic carbocycles. The van der Waals surface area contributed by atoms with Crippen molar-refractivity contribution in [2.75, 3.05) is 11.9 Å². The van der Waals surface area contributed by atoms with Crippen molar-refractivity contribution in [2.45, 2.75) is 20.4 Å². The minimum absolute atomic E-state index is 0.352. The normalized spacial score (nSPS) is 10.1. The van der Waals surface area contributed by atoms with Crippen LogP contribution in [-0.2, 0) is 11.3 Å². The van der Waals surface area contributed by atoms with Crippen LogP contribution in [0.1, 0.15) is 28.4 Å². The quantitative estimate of drug-likeness (QED) is 0.848. The van der Waals surface area contributed by atoms with E-state index in [9.17, 15) is 4.79 Å². The highest BCUT2D eigenvalue weighted by atomic mass is 16.5. The number of carbonyl (C=O) groups is 1. The summed E-state index contributed by atoms with van der Waals surface area (Å²) in [6, 6.07) is 11.5. The molecular weight excluding hydrogens is 252 g/mol. The molecule has 0 unspecified atom stereocenters. The lowest BCUT2D eigenvalue weighted by Crippen LogP contribution is -2.11. The van der Waals surface area contributed by atoms with Gasteiger partial charge >= 0.3 is 5.97 Å². The number of benzene rings is 1. The van der Waals surface area contributed by atoms with Crippen LogP contribution >= 0.6 is 0 Å². The minimum Gasteiger partial charge on any atom is -0.462 e. The number of nitrogens with one attached hydrogen (secondary N) is 1. The fourth-order valence-electron chi connectivity index (χ4n) is 1.91. The van der Waals surface area contributed by atoms with Gasteiger partial charge in [0, 0.05) is 12.7 Å². The summed E-state index contributed by atoms with van der Waals surface area (Å²) in [6.07, 6.45) is 1.66. The molecule has 0 atom stereocenters. The average Bonchev–Trinajstić information content (AvgIpc) is 2.47. The van der Waals surface area contributed by atoms with Gasteiger partial charge in [-0.2, -0.15) is 0 Å². The van der Waals surface area contributed by atoms with Gasteiger partial charge in [0.05, 0.1) is 6.61 Å². The molecule has 0 spiro atoms. The molecule has 0 aliphatic heterocycles. The fraction of sp³-hybridized carbons (Fsp3) is 0.250. The number of esters is 1. The second-order valence-electron chi connectivity index (χ2n) is 4.40. The molecule has 0 aliphatic rings. The van der Waals surface area contributed by atoms with E-state index in [2.05, 4.69) is 29.4 Å². The number of pyridine rings is 1. The van der Waals surface area contributed by atoms with Gasteiger partial charge in [0.15, 0.2) is 0 Å². The summed E-state index contributed by atoms with van der Waals surface area (Å²) in [7, 11) is 0. The highest BCUT2D eigenvalue weighted by molar-refractivity contribution is 5.94.